The highest BCUT2D eigenvalue weighted by atomic mass is 16.5. The van der Waals surface area contributed by atoms with E-state index in [-0.39, 0.29) is 29.0 Å². The molecule has 0 aliphatic heterocycles. The van der Waals surface area contributed by atoms with Crippen molar-refractivity contribution in [1.82, 2.24) is 35.0 Å². The average Bonchev–Trinajstić information content (AvgIpc) is 3.68. The summed E-state index contributed by atoms with van der Waals surface area (Å²) in [5, 5.41) is 15.5. The Hall–Kier alpha value is -4.87. The quantitative estimate of drug-likeness (QED) is 0.331. The molecule has 3 heterocycles. The van der Waals surface area contributed by atoms with Crippen LogP contribution < -0.4 is 20.7 Å². The Morgan fingerprint density at radius 2 is 1.95 bits per heavy atom. The van der Waals surface area contributed by atoms with E-state index in [9.17, 15) is 9.59 Å². The molecule has 2 amide bonds. The Morgan fingerprint density at radius 1 is 1.14 bits per heavy atom. The van der Waals surface area contributed by atoms with Gasteiger partial charge in [0.25, 0.3) is 5.91 Å². The van der Waals surface area contributed by atoms with E-state index in [0.717, 1.165) is 24.4 Å². The lowest BCUT2D eigenvalue weighted by atomic mass is 10.1. The molecule has 1 saturated carbocycles. The van der Waals surface area contributed by atoms with Gasteiger partial charge in [-0.05, 0) is 31.9 Å². The molecule has 12 nitrogen and oxygen atoms in total. The van der Waals surface area contributed by atoms with Gasteiger partial charge < -0.3 is 25.3 Å². The fourth-order valence-corrected chi connectivity index (χ4v) is 3.76. The predicted molar refractivity (Wildman–Crippen MR) is 136 cm³/mol. The van der Waals surface area contributed by atoms with Crippen molar-refractivity contribution in [1.29, 1.82) is 0 Å². The highest BCUT2D eigenvalue weighted by Gasteiger charge is 2.30. The van der Waals surface area contributed by atoms with Crippen LogP contribution in [0.5, 0.6) is 5.75 Å². The summed E-state index contributed by atoms with van der Waals surface area (Å²) in [7, 11) is 1.47. The van der Waals surface area contributed by atoms with Crippen LogP contribution >= 0.6 is 0 Å². The largest absolute Gasteiger partial charge is 0.494 e. The van der Waals surface area contributed by atoms with Crippen LogP contribution in [0.1, 0.15) is 33.3 Å². The molecule has 1 aromatic carbocycles. The zero-order valence-electron chi connectivity index (χ0n) is 23.0. The smallest absolute Gasteiger partial charge is 0.273 e. The lowest BCUT2D eigenvalue weighted by Crippen LogP contribution is -2.22. The van der Waals surface area contributed by atoms with Gasteiger partial charge in [0.05, 0.1) is 42.1 Å². The molecule has 0 bridgehead atoms. The third-order valence-corrected chi connectivity index (χ3v) is 5.79. The molecule has 188 valence electrons. The third kappa shape index (κ3) is 4.94. The van der Waals surface area contributed by atoms with Gasteiger partial charge in [0.15, 0.2) is 23.1 Å². The molecule has 0 spiro atoms. The highest BCUT2D eigenvalue weighted by molar-refractivity contribution is 6.00. The number of hydrogen-bond donors (Lipinski definition) is 3. The maximum Gasteiger partial charge on any atom is 0.273 e. The molecule has 3 N–H and O–H groups in total. The van der Waals surface area contributed by atoms with E-state index in [4.69, 9.17) is 8.85 Å². The van der Waals surface area contributed by atoms with Crippen LogP contribution in [-0.4, -0.2) is 55.6 Å². The molecule has 1 fully saturated rings. The first-order chi connectivity index (χ1) is 19.1. The van der Waals surface area contributed by atoms with Gasteiger partial charge in [0.1, 0.15) is 5.82 Å². The molecule has 5 rings (SSSR count). The van der Waals surface area contributed by atoms with Crippen molar-refractivity contribution in [3.63, 3.8) is 0 Å². The average molecular weight is 503 g/mol. The van der Waals surface area contributed by atoms with E-state index in [0.29, 0.717) is 22.8 Å². The number of hydrogen-bond acceptors (Lipinski definition) is 9. The molecule has 12 heteroatoms. The lowest BCUT2D eigenvalue weighted by Gasteiger charge is -2.16. The van der Waals surface area contributed by atoms with Crippen LogP contribution in [0, 0.1) is 12.8 Å². The van der Waals surface area contributed by atoms with Crippen LogP contribution in [0.3, 0.4) is 0 Å². The van der Waals surface area contributed by atoms with Crippen molar-refractivity contribution < 1.29 is 18.4 Å². The molecule has 0 atom stereocenters. The summed E-state index contributed by atoms with van der Waals surface area (Å²) in [6, 6.07) is 6.62. The van der Waals surface area contributed by atoms with Gasteiger partial charge in [-0.1, -0.05) is 6.07 Å². The van der Waals surface area contributed by atoms with Crippen molar-refractivity contribution in [3.8, 4) is 22.8 Å². The number of benzene rings is 1. The van der Waals surface area contributed by atoms with Crippen LogP contribution in [0.25, 0.3) is 17.1 Å². The van der Waals surface area contributed by atoms with Gasteiger partial charge in [-0.2, -0.15) is 0 Å². The van der Waals surface area contributed by atoms with Crippen LogP contribution in [0.4, 0.5) is 17.2 Å². The zero-order valence-corrected chi connectivity index (χ0v) is 20.0. The molecule has 1 aliphatic rings. The Labute approximate surface area is 216 Å². The molecule has 1 aliphatic carbocycles. The van der Waals surface area contributed by atoms with E-state index in [1.165, 1.54) is 13.2 Å². The lowest BCUT2D eigenvalue weighted by molar-refractivity contribution is -0.117. The minimum absolute atomic E-state index is 0.0856. The maximum absolute atomic E-state index is 12.8. The highest BCUT2D eigenvalue weighted by Crippen LogP contribution is 2.37. The van der Waals surface area contributed by atoms with Gasteiger partial charge in [0, 0.05) is 35.5 Å². The molecule has 3 aromatic heterocycles. The monoisotopic (exact) mass is 502 g/mol. The fourth-order valence-electron chi connectivity index (χ4n) is 3.76. The molecule has 0 unspecified atom stereocenters. The van der Waals surface area contributed by atoms with Crippen molar-refractivity contribution in [2.45, 2.75) is 19.8 Å². The number of anilines is 3. The number of carbonyl (C=O) groups excluding carboxylic acids is 2. The number of imidazole rings is 1. The van der Waals surface area contributed by atoms with Gasteiger partial charge in [-0.25, -0.2) is 15.0 Å². The first kappa shape index (κ1) is 20.3. The minimum Gasteiger partial charge on any atom is -0.494 e. The molecule has 37 heavy (non-hydrogen) atoms. The van der Waals surface area contributed by atoms with Crippen LogP contribution in [0.15, 0.2) is 49.1 Å². The molecular weight excluding hydrogens is 474 g/mol. The number of para-hydroxylation sites is 1. The molecule has 0 saturated heterocycles. The van der Waals surface area contributed by atoms with Gasteiger partial charge in [-0.15, -0.1) is 10.2 Å². The minimum atomic E-state index is -2.74. The van der Waals surface area contributed by atoms with E-state index in [1.807, 2.05) is 23.0 Å². The first-order valence-corrected chi connectivity index (χ1v) is 11.4. The van der Waals surface area contributed by atoms with Crippen molar-refractivity contribution in [3.05, 3.63) is 60.6 Å². The van der Waals surface area contributed by atoms with Crippen LogP contribution in [-0.2, 0) is 4.79 Å². The van der Waals surface area contributed by atoms with Crippen LogP contribution in [0.2, 0.25) is 0 Å². The summed E-state index contributed by atoms with van der Waals surface area (Å²) in [5.41, 5.74) is 1.52. The second-order valence-electron chi connectivity index (χ2n) is 8.33. The summed E-state index contributed by atoms with van der Waals surface area (Å²) in [6.07, 6.45) is 8.40. The second kappa shape index (κ2) is 10.0. The normalized spacial score (nSPS) is 14.2. The Morgan fingerprint density at radius 3 is 2.62 bits per heavy atom. The van der Waals surface area contributed by atoms with E-state index in [1.54, 1.807) is 36.8 Å². The zero-order chi connectivity index (χ0) is 28.4. The number of nitrogens with one attached hydrogen (secondary N) is 3. The molecule has 4 aromatic rings. The predicted octanol–water partition coefficient (Wildman–Crippen LogP) is 2.89. The molecule has 0 radical (unpaired) electrons. The van der Waals surface area contributed by atoms with Gasteiger partial charge in [0.2, 0.25) is 5.91 Å². The Kier molecular flexibility index (Phi) is 5.50. The summed E-state index contributed by atoms with van der Waals surface area (Å²) in [4.78, 5) is 38.2. The standard InChI is InChI=1S/C25H25N9O3/c1-14-27-9-10-34(14)16-12-28-23(29-13-16)17-5-4-6-18(22(17)37-3)30-19-11-20(31-24(35)15-7-8-15)32-33-21(19)25(36)26-2/h4-6,9-13,15H,7-8H2,1-3H3,(H,26,36)(H2,30,31,32,35)/i2D3. The van der Waals surface area contributed by atoms with E-state index < -0.39 is 12.9 Å². The second-order valence-corrected chi connectivity index (χ2v) is 8.33. The number of aromatic nitrogens is 6. The number of aryl methyl sites for hydroxylation is 1. The maximum atomic E-state index is 12.8. The number of methoxy groups -OCH3 is 1. The summed E-state index contributed by atoms with van der Waals surface area (Å²) in [5.74, 6) is 0.373. The van der Waals surface area contributed by atoms with Gasteiger partial charge in [-0.3, -0.25) is 9.59 Å². The van der Waals surface area contributed by atoms with E-state index in [2.05, 4.69) is 35.8 Å². The number of ether oxygens (including phenoxy) is 1. The number of carbonyl (C=O) groups is 2. The molecular formula is C25H25N9O3. The van der Waals surface area contributed by atoms with Crippen molar-refractivity contribution >= 4 is 29.0 Å². The SMILES string of the molecule is [2H]C([2H])([2H])NC(=O)c1nnc(NC(=O)C2CC2)cc1Nc1cccc(-c2ncc(-n3ccnc3C)cn2)c1OC. The fraction of sp³-hybridized carbons (Fsp3) is 0.240. The number of rotatable bonds is 8. The number of nitrogens with zero attached hydrogens (tertiary/aromatic N) is 6. The van der Waals surface area contributed by atoms with Gasteiger partial charge >= 0.3 is 0 Å². The van der Waals surface area contributed by atoms with Crippen molar-refractivity contribution in [2.75, 3.05) is 24.7 Å². The summed E-state index contributed by atoms with van der Waals surface area (Å²) in [6.45, 7) is -0.874. The number of amides is 2. The summed E-state index contributed by atoms with van der Waals surface area (Å²) < 4.78 is 29.7. The van der Waals surface area contributed by atoms with E-state index >= 15 is 0 Å². The van der Waals surface area contributed by atoms with Crippen molar-refractivity contribution in [2.24, 2.45) is 5.92 Å². The summed E-state index contributed by atoms with van der Waals surface area (Å²) >= 11 is 0. The Bertz CT molecular complexity index is 1570. The topological polar surface area (TPSA) is 149 Å². The first-order valence-electron chi connectivity index (χ1n) is 12.9. The third-order valence-electron chi connectivity index (χ3n) is 5.79. The Balaban J connectivity index is 1.49.